The van der Waals surface area contributed by atoms with Crippen molar-refractivity contribution in [1.82, 2.24) is 0 Å². The van der Waals surface area contributed by atoms with Gasteiger partial charge in [0.1, 0.15) is 0 Å². The van der Waals surface area contributed by atoms with Crippen molar-refractivity contribution in [3.8, 4) is 0 Å². The first-order valence-corrected chi connectivity index (χ1v) is 5.78. The van der Waals surface area contributed by atoms with Crippen LogP contribution >= 0.6 is 0 Å². The van der Waals surface area contributed by atoms with Gasteiger partial charge in [0.15, 0.2) is 0 Å². The first-order valence-electron chi connectivity index (χ1n) is 5.78. The van der Waals surface area contributed by atoms with Crippen LogP contribution in [0.4, 0.5) is 0 Å². The molecule has 1 N–H and O–H groups in total. The van der Waals surface area contributed by atoms with E-state index in [4.69, 9.17) is 4.74 Å². The Hall–Kier alpha value is -0.0800. The molecule has 0 aromatic heterocycles. The van der Waals surface area contributed by atoms with Gasteiger partial charge in [-0.05, 0) is 53.4 Å². The molecule has 0 unspecified atom stereocenters. The topological polar surface area (TPSA) is 29.5 Å². The highest BCUT2D eigenvalue weighted by atomic mass is 16.5. The highest BCUT2D eigenvalue weighted by Crippen LogP contribution is 2.39. The quantitative estimate of drug-likeness (QED) is 0.763. The van der Waals surface area contributed by atoms with Crippen LogP contribution in [0.1, 0.15) is 61.8 Å². The Balaban J connectivity index is 4.57. The number of rotatable bonds is 5. The van der Waals surface area contributed by atoms with E-state index < -0.39 is 5.60 Å². The van der Waals surface area contributed by atoms with Crippen LogP contribution in [0.15, 0.2) is 0 Å². The molecule has 0 spiro atoms. The standard InChI is InChI=1S/C13H28O2/c1-10(2)15-12(5,6)9-11(3,4)13(7,8)14/h10,14H,9H2,1-8H3. The van der Waals surface area contributed by atoms with E-state index in [0.29, 0.717) is 0 Å². The summed E-state index contributed by atoms with van der Waals surface area (Å²) in [6.07, 6.45) is 1.06. The van der Waals surface area contributed by atoms with Crippen LogP contribution in [0.2, 0.25) is 0 Å². The van der Waals surface area contributed by atoms with Crippen molar-refractivity contribution in [2.24, 2.45) is 5.41 Å². The van der Waals surface area contributed by atoms with Gasteiger partial charge in [-0.15, -0.1) is 0 Å². The molecule has 2 heteroatoms. The smallest absolute Gasteiger partial charge is 0.0643 e. The molecule has 0 fully saturated rings. The van der Waals surface area contributed by atoms with E-state index in [1.165, 1.54) is 0 Å². The molecule has 0 rings (SSSR count). The fourth-order valence-electron chi connectivity index (χ4n) is 1.96. The van der Waals surface area contributed by atoms with Crippen molar-refractivity contribution >= 4 is 0 Å². The van der Waals surface area contributed by atoms with Gasteiger partial charge >= 0.3 is 0 Å². The van der Waals surface area contributed by atoms with Gasteiger partial charge in [0.05, 0.1) is 17.3 Å². The molecule has 0 aliphatic carbocycles. The van der Waals surface area contributed by atoms with E-state index >= 15 is 0 Å². The summed E-state index contributed by atoms with van der Waals surface area (Å²) >= 11 is 0. The highest BCUT2D eigenvalue weighted by Gasteiger charge is 2.40. The molecular weight excluding hydrogens is 188 g/mol. The summed E-state index contributed by atoms with van der Waals surface area (Å²) < 4.78 is 5.86. The summed E-state index contributed by atoms with van der Waals surface area (Å²) in [5, 5.41) is 10.1. The summed E-state index contributed by atoms with van der Waals surface area (Å²) in [4.78, 5) is 0. The zero-order valence-electron chi connectivity index (χ0n) is 11.6. The second-order valence-electron chi connectivity index (χ2n) is 6.55. The molecule has 0 bridgehead atoms. The van der Waals surface area contributed by atoms with Gasteiger partial charge < -0.3 is 9.84 Å². The van der Waals surface area contributed by atoms with Crippen LogP contribution in [0.3, 0.4) is 0 Å². The third-order valence-electron chi connectivity index (χ3n) is 3.08. The van der Waals surface area contributed by atoms with E-state index in [0.717, 1.165) is 6.42 Å². The van der Waals surface area contributed by atoms with Crippen molar-refractivity contribution in [2.45, 2.75) is 79.1 Å². The lowest BCUT2D eigenvalue weighted by Crippen LogP contribution is -2.45. The van der Waals surface area contributed by atoms with Gasteiger partial charge in [0.2, 0.25) is 0 Å². The fourth-order valence-corrected chi connectivity index (χ4v) is 1.96. The minimum atomic E-state index is -0.690. The molecule has 15 heavy (non-hydrogen) atoms. The molecule has 0 saturated heterocycles. The Morgan fingerprint density at radius 3 is 1.67 bits per heavy atom. The molecule has 0 aromatic carbocycles. The molecule has 92 valence electrons. The number of hydrogen-bond donors (Lipinski definition) is 1. The maximum Gasteiger partial charge on any atom is 0.0643 e. The summed E-state index contributed by atoms with van der Waals surface area (Å²) in [7, 11) is 0. The second kappa shape index (κ2) is 4.42. The largest absolute Gasteiger partial charge is 0.390 e. The van der Waals surface area contributed by atoms with Crippen LogP contribution in [-0.2, 0) is 4.74 Å². The highest BCUT2D eigenvalue weighted by molar-refractivity contribution is 4.91. The van der Waals surface area contributed by atoms with Crippen LogP contribution in [0.25, 0.3) is 0 Å². The van der Waals surface area contributed by atoms with Gasteiger partial charge in [-0.25, -0.2) is 0 Å². The Bertz CT molecular complexity index is 197. The first-order chi connectivity index (χ1) is 6.37. The normalized spacial score (nSPS) is 14.8. The van der Waals surface area contributed by atoms with E-state index in [1.807, 2.05) is 27.7 Å². The minimum absolute atomic E-state index is 0.161. The van der Waals surface area contributed by atoms with E-state index in [1.54, 1.807) is 0 Å². The zero-order chi connectivity index (χ0) is 12.5. The summed E-state index contributed by atoms with van der Waals surface area (Å²) in [5.41, 5.74) is -1.05. The van der Waals surface area contributed by atoms with Gasteiger partial charge in [-0.2, -0.15) is 0 Å². The molecule has 0 aromatic rings. The molecule has 0 aliphatic heterocycles. The van der Waals surface area contributed by atoms with Crippen molar-refractivity contribution in [3.63, 3.8) is 0 Å². The van der Waals surface area contributed by atoms with Crippen LogP contribution < -0.4 is 0 Å². The Kier molecular flexibility index (Phi) is 4.40. The molecule has 0 atom stereocenters. The van der Waals surface area contributed by atoms with E-state index in [2.05, 4.69) is 27.7 Å². The lowest BCUT2D eigenvalue weighted by molar-refractivity contribution is -0.119. The Labute approximate surface area is 95.0 Å². The second-order valence-corrected chi connectivity index (χ2v) is 6.55. The Morgan fingerprint density at radius 1 is 1.00 bits per heavy atom. The predicted molar refractivity (Wildman–Crippen MR) is 65.0 cm³/mol. The third kappa shape index (κ3) is 4.98. The SMILES string of the molecule is CC(C)OC(C)(C)CC(C)(C)C(C)(C)O. The fraction of sp³-hybridized carbons (Fsp3) is 1.00. The average Bonchev–Trinajstić information content (AvgIpc) is 1.75. The van der Waals surface area contributed by atoms with Crippen LogP contribution in [0.5, 0.6) is 0 Å². The zero-order valence-corrected chi connectivity index (χ0v) is 11.6. The molecule has 2 nitrogen and oxygen atoms in total. The van der Waals surface area contributed by atoms with E-state index in [9.17, 15) is 5.11 Å². The Morgan fingerprint density at radius 2 is 1.40 bits per heavy atom. The van der Waals surface area contributed by atoms with E-state index in [-0.39, 0.29) is 17.1 Å². The summed E-state index contributed by atoms with van der Waals surface area (Å²) in [6.45, 7) is 16.1. The monoisotopic (exact) mass is 216 g/mol. The average molecular weight is 216 g/mol. The van der Waals surface area contributed by atoms with Gasteiger partial charge in [0.25, 0.3) is 0 Å². The van der Waals surface area contributed by atoms with Gasteiger partial charge in [-0.1, -0.05) is 13.8 Å². The maximum atomic E-state index is 10.1. The van der Waals surface area contributed by atoms with Crippen LogP contribution in [0, 0.1) is 5.41 Å². The first kappa shape index (κ1) is 14.9. The molecule has 0 saturated carbocycles. The lowest BCUT2D eigenvalue weighted by Gasteiger charge is -2.43. The predicted octanol–water partition coefficient (Wildman–Crippen LogP) is 3.38. The molecule has 0 aliphatic rings. The van der Waals surface area contributed by atoms with Crippen molar-refractivity contribution in [1.29, 1.82) is 0 Å². The molecule has 0 amide bonds. The number of ether oxygens (including phenoxy) is 1. The molecular formula is C13H28O2. The van der Waals surface area contributed by atoms with Gasteiger partial charge in [0, 0.05) is 0 Å². The lowest BCUT2D eigenvalue weighted by atomic mass is 9.71. The number of hydrogen-bond acceptors (Lipinski definition) is 2. The van der Waals surface area contributed by atoms with Crippen molar-refractivity contribution in [2.75, 3.05) is 0 Å². The minimum Gasteiger partial charge on any atom is -0.390 e. The summed E-state index contributed by atoms with van der Waals surface area (Å²) in [5.74, 6) is 0. The number of aliphatic hydroxyl groups is 1. The van der Waals surface area contributed by atoms with Crippen molar-refractivity contribution in [3.05, 3.63) is 0 Å². The third-order valence-corrected chi connectivity index (χ3v) is 3.08. The summed E-state index contributed by atoms with van der Waals surface area (Å²) in [6, 6.07) is 0. The molecule has 0 heterocycles. The van der Waals surface area contributed by atoms with Crippen LogP contribution in [-0.4, -0.2) is 22.4 Å². The molecule has 0 radical (unpaired) electrons. The maximum absolute atomic E-state index is 10.1. The van der Waals surface area contributed by atoms with Crippen molar-refractivity contribution < 1.29 is 9.84 Å². The van der Waals surface area contributed by atoms with Gasteiger partial charge in [-0.3, -0.25) is 0 Å².